The van der Waals surface area contributed by atoms with Crippen molar-refractivity contribution in [2.75, 3.05) is 0 Å². The summed E-state index contributed by atoms with van der Waals surface area (Å²) in [4.78, 5) is 15.3. The Morgan fingerprint density at radius 3 is 2.93 bits per heavy atom. The molecule has 1 aliphatic rings. The Morgan fingerprint density at radius 1 is 1.64 bits per heavy atom. The van der Waals surface area contributed by atoms with Crippen LogP contribution in [-0.2, 0) is 7.05 Å². The molecule has 0 spiro atoms. The van der Waals surface area contributed by atoms with Gasteiger partial charge in [0.15, 0.2) is 0 Å². The number of rotatable bonds is 3. The monoisotopic (exact) mass is 194 g/mol. The van der Waals surface area contributed by atoms with Crippen LogP contribution in [0, 0.1) is 5.92 Å². The van der Waals surface area contributed by atoms with Gasteiger partial charge < -0.3 is 9.30 Å². The predicted octanol–water partition coefficient (Wildman–Crippen LogP) is 0.958. The number of aryl methyl sites for hydroxylation is 1. The van der Waals surface area contributed by atoms with Gasteiger partial charge in [0, 0.05) is 7.05 Å². The zero-order valence-electron chi connectivity index (χ0n) is 8.43. The molecule has 4 heteroatoms. The highest BCUT2D eigenvalue weighted by atomic mass is 16.5. The summed E-state index contributed by atoms with van der Waals surface area (Å²) in [6.07, 6.45) is 4.12. The minimum absolute atomic E-state index is 0.0852. The van der Waals surface area contributed by atoms with Crippen LogP contribution >= 0.6 is 0 Å². The van der Waals surface area contributed by atoms with Crippen molar-refractivity contribution in [1.29, 1.82) is 0 Å². The molecule has 76 valence electrons. The van der Waals surface area contributed by atoms with Crippen molar-refractivity contribution < 1.29 is 4.74 Å². The van der Waals surface area contributed by atoms with Gasteiger partial charge in [-0.25, -0.2) is 4.98 Å². The number of hydrogen-bond acceptors (Lipinski definition) is 3. The zero-order valence-corrected chi connectivity index (χ0v) is 8.43. The molecule has 2 rings (SSSR count). The average molecular weight is 194 g/mol. The number of nitrogens with zero attached hydrogens (tertiary/aromatic N) is 2. The summed E-state index contributed by atoms with van der Waals surface area (Å²) in [5.74, 6) is 1.09. The van der Waals surface area contributed by atoms with Crippen LogP contribution in [0.3, 0.4) is 0 Å². The molecular formula is C10H14N2O2. The molecule has 1 unspecified atom stereocenters. The van der Waals surface area contributed by atoms with Gasteiger partial charge in [0.1, 0.15) is 12.4 Å². The van der Waals surface area contributed by atoms with Gasteiger partial charge in [0.25, 0.3) is 5.56 Å². The maximum absolute atomic E-state index is 11.2. The van der Waals surface area contributed by atoms with Gasteiger partial charge in [-0.1, -0.05) is 0 Å². The highest BCUT2D eigenvalue weighted by Crippen LogP contribution is 2.34. The van der Waals surface area contributed by atoms with Crippen molar-refractivity contribution in [3.63, 3.8) is 0 Å². The molecule has 4 nitrogen and oxygen atoms in total. The lowest BCUT2D eigenvalue weighted by Crippen LogP contribution is -2.20. The van der Waals surface area contributed by atoms with E-state index in [0.29, 0.717) is 11.8 Å². The van der Waals surface area contributed by atoms with Crippen LogP contribution in [0.15, 0.2) is 17.2 Å². The van der Waals surface area contributed by atoms with Crippen LogP contribution in [-0.4, -0.2) is 15.7 Å². The second-order valence-electron chi connectivity index (χ2n) is 3.84. The van der Waals surface area contributed by atoms with Crippen LogP contribution < -0.4 is 10.3 Å². The maximum Gasteiger partial charge on any atom is 0.256 e. The Balaban J connectivity index is 2.08. The maximum atomic E-state index is 11.2. The molecule has 1 saturated carbocycles. The van der Waals surface area contributed by atoms with E-state index in [-0.39, 0.29) is 11.7 Å². The molecule has 0 saturated heterocycles. The Morgan fingerprint density at radius 2 is 2.36 bits per heavy atom. The van der Waals surface area contributed by atoms with E-state index in [1.165, 1.54) is 29.8 Å². The van der Waals surface area contributed by atoms with E-state index in [1.54, 1.807) is 7.05 Å². The van der Waals surface area contributed by atoms with Gasteiger partial charge in [0.2, 0.25) is 5.88 Å². The van der Waals surface area contributed by atoms with Gasteiger partial charge in [-0.15, -0.1) is 0 Å². The molecule has 0 amide bonds. The van der Waals surface area contributed by atoms with Gasteiger partial charge in [0.05, 0.1) is 6.07 Å². The fourth-order valence-electron chi connectivity index (χ4n) is 1.36. The molecule has 1 aliphatic carbocycles. The highest BCUT2D eigenvalue weighted by Gasteiger charge is 2.29. The van der Waals surface area contributed by atoms with Gasteiger partial charge in [-0.05, 0) is 25.7 Å². The standard InChI is InChI=1S/C10H14N2O2/c1-7(8-3-4-8)14-9-5-10(13)12(2)6-11-9/h5-8H,3-4H2,1-2H3. The molecule has 14 heavy (non-hydrogen) atoms. The molecule has 0 N–H and O–H groups in total. The molecule has 1 heterocycles. The second-order valence-corrected chi connectivity index (χ2v) is 3.84. The van der Waals surface area contributed by atoms with Gasteiger partial charge in [-0.3, -0.25) is 4.79 Å². The Kier molecular flexibility index (Phi) is 2.27. The molecule has 1 aromatic rings. The minimum atomic E-state index is -0.0852. The summed E-state index contributed by atoms with van der Waals surface area (Å²) in [6.45, 7) is 2.02. The minimum Gasteiger partial charge on any atom is -0.474 e. The SMILES string of the molecule is CC(Oc1cc(=O)n(C)cn1)C1CC1. The first-order chi connectivity index (χ1) is 6.66. The lowest BCUT2D eigenvalue weighted by Gasteiger charge is -2.12. The zero-order chi connectivity index (χ0) is 10.1. The highest BCUT2D eigenvalue weighted by molar-refractivity contribution is 5.06. The third-order valence-corrected chi connectivity index (χ3v) is 2.55. The first-order valence-electron chi connectivity index (χ1n) is 4.86. The first kappa shape index (κ1) is 9.24. The molecular weight excluding hydrogens is 180 g/mol. The van der Waals surface area contributed by atoms with Crippen molar-refractivity contribution in [3.05, 3.63) is 22.7 Å². The largest absolute Gasteiger partial charge is 0.474 e. The normalized spacial score (nSPS) is 17.9. The van der Waals surface area contributed by atoms with E-state index in [1.807, 2.05) is 6.92 Å². The number of ether oxygens (including phenoxy) is 1. The molecule has 0 bridgehead atoms. The van der Waals surface area contributed by atoms with Crippen LogP contribution in [0.1, 0.15) is 19.8 Å². The molecule has 1 atom stereocenters. The smallest absolute Gasteiger partial charge is 0.256 e. The van der Waals surface area contributed by atoms with Crippen molar-refractivity contribution in [2.24, 2.45) is 13.0 Å². The molecule has 0 aromatic carbocycles. The predicted molar refractivity (Wildman–Crippen MR) is 52.3 cm³/mol. The summed E-state index contributed by atoms with van der Waals surface area (Å²) in [7, 11) is 1.67. The average Bonchev–Trinajstić information content (AvgIpc) is 2.94. The molecule has 0 aliphatic heterocycles. The van der Waals surface area contributed by atoms with Crippen LogP contribution in [0.25, 0.3) is 0 Å². The van der Waals surface area contributed by atoms with Crippen molar-refractivity contribution in [3.8, 4) is 5.88 Å². The van der Waals surface area contributed by atoms with Gasteiger partial charge >= 0.3 is 0 Å². The third-order valence-electron chi connectivity index (χ3n) is 2.55. The Hall–Kier alpha value is -1.32. The number of aromatic nitrogens is 2. The first-order valence-corrected chi connectivity index (χ1v) is 4.86. The molecule has 0 radical (unpaired) electrons. The van der Waals surface area contributed by atoms with Crippen LogP contribution in [0.2, 0.25) is 0 Å². The fourth-order valence-corrected chi connectivity index (χ4v) is 1.36. The molecule has 1 fully saturated rings. The lowest BCUT2D eigenvalue weighted by molar-refractivity contribution is 0.189. The van der Waals surface area contributed by atoms with E-state index < -0.39 is 0 Å². The summed E-state index contributed by atoms with van der Waals surface area (Å²) in [5.41, 5.74) is -0.0852. The third kappa shape index (κ3) is 1.95. The fraction of sp³-hybridized carbons (Fsp3) is 0.600. The van der Waals surface area contributed by atoms with E-state index in [2.05, 4.69) is 4.98 Å². The summed E-state index contributed by atoms with van der Waals surface area (Å²) >= 11 is 0. The van der Waals surface area contributed by atoms with E-state index in [9.17, 15) is 4.79 Å². The van der Waals surface area contributed by atoms with Gasteiger partial charge in [-0.2, -0.15) is 0 Å². The van der Waals surface area contributed by atoms with E-state index in [4.69, 9.17) is 4.74 Å². The quantitative estimate of drug-likeness (QED) is 0.719. The summed E-state index contributed by atoms with van der Waals surface area (Å²) in [5, 5.41) is 0. The van der Waals surface area contributed by atoms with E-state index in [0.717, 1.165) is 0 Å². The van der Waals surface area contributed by atoms with Crippen molar-refractivity contribution in [1.82, 2.24) is 9.55 Å². The number of hydrogen-bond donors (Lipinski definition) is 0. The lowest BCUT2D eigenvalue weighted by atomic mass is 10.3. The summed E-state index contributed by atoms with van der Waals surface area (Å²) in [6, 6.07) is 1.43. The van der Waals surface area contributed by atoms with Crippen molar-refractivity contribution >= 4 is 0 Å². The van der Waals surface area contributed by atoms with Crippen LogP contribution in [0.5, 0.6) is 5.88 Å². The van der Waals surface area contributed by atoms with Crippen LogP contribution in [0.4, 0.5) is 0 Å². The topological polar surface area (TPSA) is 44.1 Å². The Bertz CT molecular complexity index is 382. The molecule has 1 aromatic heterocycles. The Labute approximate surface area is 82.5 Å². The second kappa shape index (κ2) is 3.44. The van der Waals surface area contributed by atoms with E-state index >= 15 is 0 Å². The van der Waals surface area contributed by atoms with Crippen molar-refractivity contribution in [2.45, 2.75) is 25.9 Å². The summed E-state index contributed by atoms with van der Waals surface area (Å²) < 4.78 is 6.97.